The Morgan fingerprint density at radius 2 is 1.57 bits per heavy atom. The maximum Gasteiger partial charge on any atom is 0.420 e. The molecule has 1 atom stereocenters. The van der Waals surface area contributed by atoms with Gasteiger partial charge in [0.2, 0.25) is 5.91 Å². The Bertz CT molecular complexity index is 1750. The molecule has 5 aromatic rings. The third-order valence-electron chi connectivity index (χ3n) is 8.47. The Labute approximate surface area is 258 Å². The monoisotopic (exact) mass is 589 g/mol. The van der Waals surface area contributed by atoms with Gasteiger partial charge in [-0.2, -0.15) is 0 Å². The van der Waals surface area contributed by atoms with Crippen molar-refractivity contribution in [2.24, 2.45) is 0 Å². The molecule has 44 heavy (non-hydrogen) atoms. The first-order chi connectivity index (χ1) is 21.5. The van der Waals surface area contributed by atoms with E-state index in [1.165, 1.54) is 24.0 Å². The van der Waals surface area contributed by atoms with Crippen LogP contribution in [-0.2, 0) is 30.6 Å². The van der Waals surface area contributed by atoms with Crippen molar-refractivity contribution in [2.75, 3.05) is 26.7 Å². The molecular formula is C37H39N3O4. The number of ether oxygens (including phenoxy) is 1. The summed E-state index contributed by atoms with van der Waals surface area (Å²) in [6.45, 7) is 3.30. The number of aryl methyl sites for hydroxylation is 2. The largest absolute Gasteiger partial charge is 0.497 e. The lowest BCUT2D eigenvalue weighted by atomic mass is 9.99. The highest BCUT2D eigenvalue weighted by Gasteiger charge is 2.22. The Hall–Kier alpha value is -4.62. The number of fused-ring (bicyclic) bond motifs is 1. The van der Waals surface area contributed by atoms with Crippen molar-refractivity contribution in [3.8, 4) is 5.75 Å². The second kappa shape index (κ2) is 13.8. The number of oxazole rings is 1. The Morgan fingerprint density at radius 3 is 2.34 bits per heavy atom. The molecule has 1 saturated heterocycles. The third kappa shape index (κ3) is 7.29. The van der Waals surface area contributed by atoms with E-state index >= 15 is 0 Å². The van der Waals surface area contributed by atoms with Crippen molar-refractivity contribution in [3.63, 3.8) is 0 Å². The summed E-state index contributed by atoms with van der Waals surface area (Å²) in [6.07, 6.45) is 4.45. The molecule has 0 spiro atoms. The highest BCUT2D eigenvalue weighted by atomic mass is 16.5. The fraction of sp³-hybridized carbons (Fsp3) is 0.297. The van der Waals surface area contributed by atoms with E-state index in [9.17, 15) is 9.59 Å². The van der Waals surface area contributed by atoms with Gasteiger partial charge in [0.1, 0.15) is 5.75 Å². The van der Waals surface area contributed by atoms with Gasteiger partial charge in [0.05, 0.1) is 31.6 Å². The van der Waals surface area contributed by atoms with Crippen LogP contribution in [0.1, 0.15) is 46.7 Å². The van der Waals surface area contributed by atoms with E-state index in [4.69, 9.17) is 9.15 Å². The highest BCUT2D eigenvalue weighted by molar-refractivity contribution is 5.81. The van der Waals surface area contributed by atoms with E-state index in [0.717, 1.165) is 54.9 Å². The molecule has 226 valence electrons. The van der Waals surface area contributed by atoms with Crippen LogP contribution in [0, 0.1) is 0 Å². The van der Waals surface area contributed by atoms with Gasteiger partial charge in [-0.3, -0.25) is 9.36 Å². The lowest BCUT2D eigenvalue weighted by molar-refractivity contribution is -0.121. The molecule has 0 unspecified atom stereocenters. The topological polar surface area (TPSA) is 76.7 Å². The summed E-state index contributed by atoms with van der Waals surface area (Å²) in [5.74, 6) is 0.420. The highest BCUT2D eigenvalue weighted by Crippen LogP contribution is 2.22. The molecule has 1 amide bonds. The third-order valence-corrected chi connectivity index (χ3v) is 8.47. The lowest BCUT2D eigenvalue weighted by Gasteiger charge is -2.25. The van der Waals surface area contributed by atoms with Gasteiger partial charge in [-0.15, -0.1) is 0 Å². The molecule has 0 aliphatic carbocycles. The van der Waals surface area contributed by atoms with E-state index in [1.807, 2.05) is 54.6 Å². The van der Waals surface area contributed by atoms with Crippen LogP contribution in [-0.4, -0.2) is 42.1 Å². The number of rotatable bonds is 12. The summed E-state index contributed by atoms with van der Waals surface area (Å²) in [7, 11) is 1.68. The lowest BCUT2D eigenvalue weighted by Crippen LogP contribution is -2.37. The van der Waals surface area contributed by atoms with Crippen molar-refractivity contribution >= 4 is 17.0 Å². The van der Waals surface area contributed by atoms with E-state index in [1.54, 1.807) is 17.7 Å². The minimum Gasteiger partial charge on any atom is -0.497 e. The van der Waals surface area contributed by atoms with Crippen molar-refractivity contribution < 1.29 is 13.9 Å². The number of aromatic nitrogens is 1. The van der Waals surface area contributed by atoms with Gasteiger partial charge in [-0.1, -0.05) is 72.8 Å². The second-order valence-corrected chi connectivity index (χ2v) is 11.6. The van der Waals surface area contributed by atoms with E-state index in [0.29, 0.717) is 17.6 Å². The van der Waals surface area contributed by atoms with E-state index in [2.05, 4.69) is 46.6 Å². The number of nitrogens with zero attached hydrogens (tertiary/aromatic N) is 2. The molecule has 1 fully saturated rings. The predicted octanol–water partition coefficient (Wildman–Crippen LogP) is 5.93. The Balaban J connectivity index is 1.17. The van der Waals surface area contributed by atoms with Gasteiger partial charge < -0.3 is 19.4 Å². The maximum atomic E-state index is 13.5. The number of nitrogens with one attached hydrogen (secondary N) is 1. The number of likely N-dealkylation sites (tertiary alicyclic amines) is 1. The molecule has 7 nitrogen and oxygen atoms in total. The van der Waals surface area contributed by atoms with Gasteiger partial charge >= 0.3 is 5.76 Å². The number of benzene rings is 4. The van der Waals surface area contributed by atoms with Crippen LogP contribution in [0.4, 0.5) is 0 Å². The van der Waals surface area contributed by atoms with Gasteiger partial charge in [-0.25, -0.2) is 4.79 Å². The van der Waals surface area contributed by atoms with Gasteiger partial charge in [0.15, 0.2) is 5.58 Å². The van der Waals surface area contributed by atoms with Crippen LogP contribution in [0.25, 0.3) is 11.1 Å². The van der Waals surface area contributed by atoms with Crippen LogP contribution in [0.3, 0.4) is 0 Å². The van der Waals surface area contributed by atoms with Gasteiger partial charge in [0, 0.05) is 6.54 Å². The summed E-state index contributed by atoms with van der Waals surface area (Å²) in [5.41, 5.74) is 6.71. The zero-order chi connectivity index (χ0) is 30.3. The summed E-state index contributed by atoms with van der Waals surface area (Å²) >= 11 is 0. The molecule has 1 aliphatic rings. The van der Waals surface area contributed by atoms with Crippen LogP contribution in [0.15, 0.2) is 106 Å². The molecule has 1 N–H and O–H groups in total. The number of hydrogen-bond donors (Lipinski definition) is 1. The minimum atomic E-state index is -0.400. The van der Waals surface area contributed by atoms with Crippen molar-refractivity contribution in [3.05, 3.63) is 135 Å². The number of hydrogen-bond acceptors (Lipinski definition) is 5. The molecule has 1 aromatic heterocycles. The molecule has 1 aliphatic heterocycles. The first-order valence-electron chi connectivity index (χ1n) is 15.4. The quantitative estimate of drug-likeness (QED) is 0.195. The Morgan fingerprint density at radius 1 is 0.841 bits per heavy atom. The summed E-state index contributed by atoms with van der Waals surface area (Å²) in [4.78, 5) is 28.6. The number of amides is 1. The van der Waals surface area contributed by atoms with Crippen molar-refractivity contribution in [1.82, 2.24) is 14.8 Å². The zero-order valence-corrected chi connectivity index (χ0v) is 25.2. The van der Waals surface area contributed by atoms with E-state index < -0.39 is 5.76 Å². The maximum absolute atomic E-state index is 13.5. The minimum absolute atomic E-state index is 0.0439. The first kappa shape index (κ1) is 29.5. The fourth-order valence-electron chi connectivity index (χ4n) is 6.07. The average Bonchev–Trinajstić information content (AvgIpc) is 3.68. The molecule has 6 rings (SSSR count). The molecule has 4 aromatic carbocycles. The average molecular weight is 590 g/mol. The Kier molecular flexibility index (Phi) is 9.22. The normalized spacial score (nSPS) is 14.1. The number of methoxy groups -OCH3 is 1. The zero-order valence-electron chi connectivity index (χ0n) is 25.2. The standard InChI is InChI=1S/C37H39N3O4/c1-43-32-17-14-27(15-18-32)12-13-28-10-7-11-31(22-28)33(26-39-20-5-6-21-39)38-36(41)24-30-16-19-35-34(23-30)40(37(42)44-35)25-29-8-3-2-4-9-29/h2-4,7-11,14-19,22-23,33H,5-6,12-13,20-21,24-26H2,1H3,(H,38,41)/t33-/m1/s1. The first-order valence-corrected chi connectivity index (χ1v) is 15.4. The molecule has 7 heteroatoms. The van der Waals surface area contributed by atoms with Crippen molar-refractivity contribution in [1.29, 1.82) is 0 Å². The molecule has 0 bridgehead atoms. The fourth-order valence-corrected chi connectivity index (χ4v) is 6.07. The molecular weight excluding hydrogens is 550 g/mol. The number of carbonyl (C=O) groups excluding carboxylic acids is 1. The SMILES string of the molecule is COc1ccc(CCc2cccc([C@@H](CN3CCCC3)NC(=O)Cc3ccc4oc(=O)n(Cc5ccccc5)c4c3)c2)cc1. The summed E-state index contributed by atoms with van der Waals surface area (Å²) < 4.78 is 12.4. The predicted molar refractivity (Wildman–Crippen MR) is 173 cm³/mol. The number of carbonyl (C=O) groups is 1. The smallest absolute Gasteiger partial charge is 0.420 e. The van der Waals surface area contributed by atoms with Crippen molar-refractivity contribution in [2.45, 2.75) is 44.7 Å². The second-order valence-electron chi connectivity index (χ2n) is 11.6. The van der Waals surface area contributed by atoms with Crippen LogP contribution in [0.5, 0.6) is 5.75 Å². The molecule has 0 radical (unpaired) electrons. The molecule has 2 heterocycles. The van der Waals surface area contributed by atoms with Crippen LogP contribution < -0.4 is 15.8 Å². The van der Waals surface area contributed by atoms with Gasteiger partial charge in [0.25, 0.3) is 0 Å². The van der Waals surface area contributed by atoms with Crippen LogP contribution >= 0.6 is 0 Å². The molecule has 0 saturated carbocycles. The van der Waals surface area contributed by atoms with E-state index in [-0.39, 0.29) is 18.4 Å². The van der Waals surface area contributed by atoms with Gasteiger partial charge in [-0.05, 0) is 90.9 Å². The summed E-state index contributed by atoms with van der Waals surface area (Å²) in [6, 6.07) is 32.1. The van der Waals surface area contributed by atoms with Crippen LogP contribution in [0.2, 0.25) is 0 Å². The summed E-state index contributed by atoms with van der Waals surface area (Å²) in [5, 5.41) is 3.34.